The van der Waals surface area contributed by atoms with Crippen molar-refractivity contribution in [1.29, 1.82) is 0 Å². The summed E-state index contributed by atoms with van der Waals surface area (Å²) >= 11 is 2.03. The maximum absolute atomic E-state index is 12.7. The Hall–Kier alpha value is -3.12. The topological polar surface area (TPSA) is 74.2 Å². The number of carbonyl (C=O) groups is 1. The summed E-state index contributed by atoms with van der Waals surface area (Å²) in [4.78, 5) is 11.3. The second-order valence-corrected chi connectivity index (χ2v) is 8.62. The molecule has 2 aromatic carbocycles. The minimum atomic E-state index is -5.16. The lowest BCUT2D eigenvalue weighted by Gasteiger charge is -2.14. The van der Waals surface area contributed by atoms with Crippen molar-refractivity contribution in [1.82, 2.24) is 0 Å². The Morgan fingerprint density at radius 2 is 1.74 bits per heavy atom. The molecule has 0 aliphatic heterocycles. The smallest absolute Gasteiger partial charge is 0.488 e. The first kappa shape index (κ1) is 31.1. The van der Waals surface area contributed by atoms with Crippen molar-refractivity contribution in [2.24, 2.45) is 0 Å². The van der Waals surface area contributed by atoms with Crippen LogP contribution in [0.1, 0.15) is 25.0 Å². The molecule has 38 heavy (non-hydrogen) atoms. The zero-order valence-corrected chi connectivity index (χ0v) is 22.0. The molecule has 1 atom stereocenters. The average Bonchev–Trinajstić information content (AvgIpc) is 2.77. The van der Waals surface area contributed by atoms with Crippen LogP contribution in [0, 0.1) is 15.4 Å². The first-order chi connectivity index (χ1) is 17.7. The van der Waals surface area contributed by atoms with Crippen LogP contribution in [0.15, 0.2) is 48.0 Å². The van der Waals surface area contributed by atoms with Gasteiger partial charge < -0.3 is 24.1 Å². The van der Waals surface area contributed by atoms with Crippen molar-refractivity contribution >= 4 is 28.6 Å². The lowest BCUT2D eigenvalue weighted by Crippen LogP contribution is -2.26. The normalized spacial score (nSPS) is 12.8. The van der Waals surface area contributed by atoms with Gasteiger partial charge in [-0.1, -0.05) is 17.9 Å². The summed E-state index contributed by atoms with van der Waals surface area (Å²) in [6.07, 6.45) is -9.49. The molecule has 2 rings (SSSR count). The molecule has 2 aromatic rings. The van der Waals surface area contributed by atoms with Gasteiger partial charge in [0.05, 0.1) is 9.13 Å². The van der Waals surface area contributed by atoms with E-state index in [2.05, 4.69) is 21.3 Å². The third kappa shape index (κ3) is 11.1. The van der Waals surface area contributed by atoms with Crippen molar-refractivity contribution in [2.45, 2.75) is 39.1 Å². The van der Waals surface area contributed by atoms with E-state index in [0.29, 0.717) is 21.0 Å². The number of aliphatic carboxylic acids is 1. The number of rotatable bonds is 10. The molecule has 206 valence electrons. The predicted molar refractivity (Wildman–Crippen MR) is 132 cm³/mol. The van der Waals surface area contributed by atoms with Crippen molar-refractivity contribution in [2.75, 3.05) is 13.2 Å². The van der Waals surface area contributed by atoms with E-state index < -0.39 is 36.3 Å². The lowest BCUT2D eigenvalue weighted by molar-refractivity contribution is -0.276. The van der Waals surface area contributed by atoms with E-state index in [1.54, 1.807) is 38.1 Å². The van der Waals surface area contributed by atoms with Gasteiger partial charge in [-0.2, -0.15) is 0 Å². The van der Waals surface area contributed by atoms with Gasteiger partial charge in [0.2, 0.25) is 0 Å². The van der Waals surface area contributed by atoms with Crippen molar-refractivity contribution in [3.05, 3.63) is 62.7 Å². The quantitative estimate of drug-likeness (QED) is 0.179. The highest BCUT2D eigenvalue weighted by Gasteiger charge is 2.34. The number of benzene rings is 2. The first-order valence-electron chi connectivity index (χ1n) is 10.8. The molecule has 13 heteroatoms. The van der Waals surface area contributed by atoms with Crippen LogP contribution in [0.3, 0.4) is 0 Å². The molecule has 0 aliphatic rings. The fourth-order valence-corrected chi connectivity index (χ4v) is 3.64. The van der Waals surface area contributed by atoms with Crippen LogP contribution in [0.2, 0.25) is 0 Å². The average molecular weight is 658 g/mol. The van der Waals surface area contributed by atoms with Crippen molar-refractivity contribution in [3.8, 4) is 29.1 Å². The van der Waals surface area contributed by atoms with Gasteiger partial charge in [-0.3, -0.25) is 0 Å². The fourth-order valence-electron chi connectivity index (χ4n) is 2.91. The molecule has 0 radical (unpaired) electrons. The van der Waals surface area contributed by atoms with E-state index in [0.717, 1.165) is 17.7 Å². The molecule has 0 unspecified atom stereocenters. The molecule has 1 N–H and O–H groups in total. The minimum absolute atomic E-state index is 0.0524. The summed E-state index contributed by atoms with van der Waals surface area (Å²) < 4.78 is 94.4. The van der Waals surface area contributed by atoms with Gasteiger partial charge in [0, 0.05) is 19.1 Å². The van der Waals surface area contributed by atoms with Crippen LogP contribution < -0.4 is 14.2 Å². The van der Waals surface area contributed by atoms with Crippen LogP contribution in [0.25, 0.3) is 0 Å². The summed E-state index contributed by atoms with van der Waals surface area (Å²) in [5.74, 6) is 2.64. The third-order valence-electron chi connectivity index (χ3n) is 4.50. The molecule has 0 aliphatic carbocycles. The summed E-state index contributed by atoms with van der Waals surface area (Å²) in [5, 5.41) is 9.22. The fraction of sp³-hybridized carbons (Fsp3) is 0.320. The highest BCUT2D eigenvalue weighted by molar-refractivity contribution is 14.1. The number of allylic oxidation sites excluding steroid dienone is 1. The van der Waals surface area contributed by atoms with Crippen LogP contribution in [0.5, 0.6) is 17.2 Å². The minimum Gasteiger partial charge on any atom is -0.488 e. The molecule has 0 saturated heterocycles. The zero-order chi connectivity index (χ0) is 28.5. The molecule has 0 aromatic heterocycles. The van der Waals surface area contributed by atoms with Crippen LogP contribution >= 0.6 is 22.6 Å². The third-order valence-corrected chi connectivity index (χ3v) is 5.34. The number of alkyl halides is 6. The zero-order valence-electron chi connectivity index (χ0n) is 19.9. The van der Waals surface area contributed by atoms with E-state index in [4.69, 9.17) is 9.47 Å². The van der Waals surface area contributed by atoms with Gasteiger partial charge in [0.25, 0.3) is 0 Å². The second kappa shape index (κ2) is 13.6. The van der Waals surface area contributed by atoms with Gasteiger partial charge in [0.1, 0.15) is 23.9 Å². The van der Waals surface area contributed by atoms with E-state index in [1.165, 1.54) is 0 Å². The van der Waals surface area contributed by atoms with E-state index in [-0.39, 0.29) is 25.2 Å². The SMILES string of the molecule is CCO[C@@H](Cc1ccc(OC/C=C(/C)C#Cc2ccc(OC(F)(F)F)cc2OC(F)(F)F)c(I)c1)C(=O)O. The van der Waals surface area contributed by atoms with Gasteiger partial charge in [-0.25, -0.2) is 4.79 Å². The molecular formula is C25H21F6IO6. The Morgan fingerprint density at radius 3 is 2.32 bits per heavy atom. The van der Waals surface area contributed by atoms with Gasteiger partial charge >= 0.3 is 18.7 Å². The molecule has 0 bridgehead atoms. The van der Waals surface area contributed by atoms with Gasteiger partial charge in [-0.15, -0.1) is 26.3 Å². The molecule has 6 nitrogen and oxygen atoms in total. The highest BCUT2D eigenvalue weighted by Crippen LogP contribution is 2.32. The van der Waals surface area contributed by atoms with Gasteiger partial charge in [-0.05, 0) is 77.9 Å². The Labute approximate surface area is 227 Å². The Balaban J connectivity index is 2.10. The molecule has 0 spiro atoms. The number of hydrogen-bond donors (Lipinski definition) is 1. The number of hydrogen-bond acceptors (Lipinski definition) is 5. The van der Waals surface area contributed by atoms with Crippen LogP contribution in [-0.4, -0.2) is 43.1 Å². The van der Waals surface area contributed by atoms with Gasteiger partial charge in [0.15, 0.2) is 6.10 Å². The number of ether oxygens (including phenoxy) is 4. The maximum Gasteiger partial charge on any atom is 0.573 e. The molecular weight excluding hydrogens is 637 g/mol. The molecule has 0 heterocycles. The number of halogens is 7. The largest absolute Gasteiger partial charge is 0.573 e. The first-order valence-corrected chi connectivity index (χ1v) is 11.8. The molecule has 0 saturated carbocycles. The lowest BCUT2D eigenvalue weighted by atomic mass is 10.1. The second-order valence-electron chi connectivity index (χ2n) is 7.45. The number of carboxylic acids is 1. The maximum atomic E-state index is 12.7. The summed E-state index contributed by atoms with van der Waals surface area (Å²) in [6, 6.07) is 7.32. The van der Waals surface area contributed by atoms with E-state index in [9.17, 15) is 36.2 Å². The molecule has 0 amide bonds. The van der Waals surface area contributed by atoms with Crippen molar-refractivity contribution < 1.29 is 55.2 Å². The summed E-state index contributed by atoms with van der Waals surface area (Å²) in [6.45, 7) is 3.58. The highest BCUT2D eigenvalue weighted by atomic mass is 127. The Kier molecular flexibility index (Phi) is 11.1. The molecule has 0 fully saturated rings. The summed E-state index contributed by atoms with van der Waals surface area (Å²) in [7, 11) is 0. The van der Waals surface area contributed by atoms with E-state index in [1.807, 2.05) is 22.6 Å². The van der Waals surface area contributed by atoms with Crippen LogP contribution in [-0.2, 0) is 16.0 Å². The Bertz CT molecular complexity index is 1210. The number of carboxylic acid groups (broad SMARTS) is 1. The summed E-state index contributed by atoms with van der Waals surface area (Å²) in [5.41, 5.74) is 0.845. The Morgan fingerprint density at radius 1 is 1.05 bits per heavy atom. The van der Waals surface area contributed by atoms with Crippen molar-refractivity contribution in [3.63, 3.8) is 0 Å². The standard InChI is InChI=1S/C25H21F6IO6/c1-3-35-22(23(33)34)13-16-5-9-20(19(32)12-16)36-11-10-15(2)4-6-17-7-8-18(37-24(26,27)28)14-21(17)38-25(29,30)31/h5,7-10,12,14,22H,3,11,13H2,1-2H3,(H,33,34)/b15-10-/t22-/m0/s1. The predicted octanol–water partition coefficient (Wildman–Crippen LogP) is 6.50. The van der Waals surface area contributed by atoms with Crippen LogP contribution in [0.4, 0.5) is 26.3 Å². The van der Waals surface area contributed by atoms with E-state index >= 15 is 0 Å². The monoisotopic (exact) mass is 658 g/mol.